The number of rotatable bonds is 6. The zero-order chi connectivity index (χ0) is 13.5. The topological polar surface area (TPSA) is 36.9 Å². The van der Waals surface area contributed by atoms with Crippen LogP contribution in [0.4, 0.5) is 0 Å². The van der Waals surface area contributed by atoms with Crippen molar-refractivity contribution >= 4 is 15.9 Å². The molecule has 0 amide bonds. The quantitative estimate of drug-likeness (QED) is 0.749. The van der Waals surface area contributed by atoms with E-state index in [1.54, 1.807) is 7.11 Å². The first kappa shape index (κ1) is 14.6. The molecule has 1 aromatic rings. The molecule has 0 radical (unpaired) electrons. The molecule has 1 fully saturated rings. The van der Waals surface area contributed by atoms with Gasteiger partial charge in [-0.3, -0.25) is 0 Å². The minimum atomic E-state index is -0.0656. The lowest BCUT2D eigenvalue weighted by molar-refractivity contribution is -0.165. The van der Waals surface area contributed by atoms with E-state index in [2.05, 4.69) is 15.9 Å². The largest absolute Gasteiger partial charge is 0.493 e. The van der Waals surface area contributed by atoms with Crippen LogP contribution >= 0.6 is 15.9 Å². The van der Waals surface area contributed by atoms with Gasteiger partial charge in [0.1, 0.15) is 6.61 Å². The molecule has 0 saturated carbocycles. The molecule has 1 aliphatic heterocycles. The van der Waals surface area contributed by atoms with Crippen molar-refractivity contribution in [2.75, 3.05) is 26.9 Å². The smallest absolute Gasteiger partial charge is 0.161 e. The van der Waals surface area contributed by atoms with E-state index in [1.807, 2.05) is 18.2 Å². The molecule has 1 heterocycles. The third-order valence-electron chi connectivity index (χ3n) is 2.91. The summed E-state index contributed by atoms with van der Waals surface area (Å²) in [5.41, 5.74) is 0. The standard InChI is InChI=1S/C14H19BrO4/c1-16-13-10-11(15)5-6-12(13)17-8-9-19-14-4-2-3-7-18-14/h5-6,10,14H,2-4,7-9H2,1H3. The molecule has 0 spiro atoms. The van der Waals surface area contributed by atoms with Crippen molar-refractivity contribution in [3.8, 4) is 11.5 Å². The average molecular weight is 331 g/mol. The SMILES string of the molecule is COc1cc(Br)ccc1OCCOC1CCCCO1. The molecule has 2 rings (SSSR count). The third-order valence-corrected chi connectivity index (χ3v) is 3.40. The molecule has 0 aliphatic carbocycles. The van der Waals surface area contributed by atoms with Crippen molar-refractivity contribution < 1.29 is 18.9 Å². The van der Waals surface area contributed by atoms with Gasteiger partial charge in [-0.15, -0.1) is 0 Å². The van der Waals surface area contributed by atoms with Crippen molar-refractivity contribution in [2.24, 2.45) is 0 Å². The fourth-order valence-electron chi connectivity index (χ4n) is 1.93. The minimum Gasteiger partial charge on any atom is -0.493 e. The van der Waals surface area contributed by atoms with Gasteiger partial charge in [0.2, 0.25) is 0 Å². The third kappa shape index (κ3) is 4.67. The molecular formula is C14H19BrO4. The van der Waals surface area contributed by atoms with Crippen molar-refractivity contribution in [3.63, 3.8) is 0 Å². The predicted molar refractivity (Wildman–Crippen MR) is 75.7 cm³/mol. The van der Waals surface area contributed by atoms with E-state index in [-0.39, 0.29) is 6.29 Å². The Labute approximate surface area is 122 Å². The maximum absolute atomic E-state index is 5.65. The van der Waals surface area contributed by atoms with E-state index in [0.717, 1.165) is 29.7 Å². The summed E-state index contributed by atoms with van der Waals surface area (Å²) in [4.78, 5) is 0. The Balaban J connectivity index is 1.73. The summed E-state index contributed by atoms with van der Waals surface area (Å²) in [6.07, 6.45) is 3.21. The second-order valence-corrected chi connectivity index (χ2v) is 5.23. The Morgan fingerprint density at radius 2 is 2.16 bits per heavy atom. The average Bonchev–Trinajstić information content (AvgIpc) is 2.46. The van der Waals surface area contributed by atoms with Gasteiger partial charge in [0.15, 0.2) is 17.8 Å². The number of benzene rings is 1. The number of hydrogen-bond donors (Lipinski definition) is 0. The Bertz CT molecular complexity index is 391. The lowest BCUT2D eigenvalue weighted by atomic mass is 10.2. The molecule has 0 bridgehead atoms. The number of halogens is 1. The van der Waals surface area contributed by atoms with E-state index in [9.17, 15) is 0 Å². The molecule has 1 atom stereocenters. The Morgan fingerprint density at radius 1 is 1.26 bits per heavy atom. The molecule has 4 nitrogen and oxygen atoms in total. The summed E-state index contributed by atoms with van der Waals surface area (Å²) < 4.78 is 22.9. The van der Waals surface area contributed by atoms with Crippen LogP contribution in [-0.2, 0) is 9.47 Å². The first-order chi connectivity index (χ1) is 9.29. The van der Waals surface area contributed by atoms with E-state index in [4.69, 9.17) is 18.9 Å². The van der Waals surface area contributed by atoms with Gasteiger partial charge in [-0.2, -0.15) is 0 Å². The molecule has 106 valence electrons. The van der Waals surface area contributed by atoms with Gasteiger partial charge >= 0.3 is 0 Å². The molecule has 1 aliphatic rings. The van der Waals surface area contributed by atoms with Crippen LogP contribution < -0.4 is 9.47 Å². The zero-order valence-corrected chi connectivity index (χ0v) is 12.6. The van der Waals surface area contributed by atoms with Crippen molar-refractivity contribution in [1.29, 1.82) is 0 Å². The molecule has 5 heteroatoms. The normalized spacial score (nSPS) is 19.2. The molecular weight excluding hydrogens is 312 g/mol. The Kier molecular flexibility index (Phi) is 5.94. The van der Waals surface area contributed by atoms with Crippen LogP contribution in [-0.4, -0.2) is 33.2 Å². The lowest BCUT2D eigenvalue weighted by Crippen LogP contribution is -2.24. The van der Waals surface area contributed by atoms with Crippen LogP contribution in [0.25, 0.3) is 0 Å². The van der Waals surface area contributed by atoms with E-state index in [0.29, 0.717) is 19.0 Å². The van der Waals surface area contributed by atoms with Gasteiger partial charge in [-0.25, -0.2) is 0 Å². The highest BCUT2D eigenvalue weighted by Gasteiger charge is 2.13. The molecule has 0 aromatic heterocycles. The van der Waals surface area contributed by atoms with Crippen molar-refractivity contribution in [1.82, 2.24) is 0 Å². The van der Waals surface area contributed by atoms with Crippen molar-refractivity contribution in [3.05, 3.63) is 22.7 Å². The van der Waals surface area contributed by atoms with Crippen LogP contribution in [0.1, 0.15) is 19.3 Å². The minimum absolute atomic E-state index is 0.0656. The zero-order valence-electron chi connectivity index (χ0n) is 11.1. The number of methoxy groups -OCH3 is 1. The molecule has 1 unspecified atom stereocenters. The van der Waals surface area contributed by atoms with Crippen LogP contribution in [0.3, 0.4) is 0 Å². The van der Waals surface area contributed by atoms with Crippen molar-refractivity contribution in [2.45, 2.75) is 25.6 Å². The summed E-state index contributed by atoms with van der Waals surface area (Å²) in [5.74, 6) is 1.43. The summed E-state index contributed by atoms with van der Waals surface area (Å²) in [5, 5.41) is 0. The van der Waals surface area contributed by atoms with Crippen LogP contribution in [0, 0.1) is 0 Å². The van der Waals surface area contributed by atoms with Crippen LogP contribution in [0.2, 0.25) is 0 Å². The molecule has 1 aromatic carbocycles. The Morgan fingerprint density at radius 3 is 2.89 bits per heavy atom. The van der Waals surface area contributed by atoms with Gasteiger partial charge < -0.3 is 18.9 Å². The second kappa shape index (κ2) is 7.72. The number of ether oxygens (including phenoxy) is 4. The number of hydrogen-bond acceptors (Lipinski definition) is 4. The predicted octanol–water partition coefficient (Wildman–Crippen LogP) is 3.38. The maximum atomic E-state index is 5.65. The maximum Gasteiger partial charge on any atom is 0.161 e. The Hall–Kier alpha value is -0.780. The fourth-order valence-corrected chi connectivity index (χ4v) is 2.27. The van der Waals surface area contributed by atoms with Crippen LogP contribution in [0.5, 0.6) is 11.5 Å². The van der Waals surface area contributed by atoms with Gasteiger partial charge in [0.05, 0.1) is 13.7 Å². The highest BCUT2D eigenvalue weighted by molar-refractivity contribution is 9.10. The van der Waals surface area contributed by atoms with Crippen LogP contribution in [0.15, 0.2) is 22.7 Å². The molecule has 19 heavy (non-hydrogen) atoms. The fraction of sp³-hybridized carbons (Fsp3) is 0.571. The second-order valence-electron chi connectivity index (χ2n) is 4.31. The van der Waals surface area contributed by atoms with E-state index >= 15 is 0 Å². The van der Waals surface area contributed by atoms with Gasteiger partial charge in [0, 0.05) is 11.1 Å². The van der Waals surface area contributed by atoms with Gasteiger partial charge in [0.25, 0.3) is 0 Å². The lowest BCUT2D eigenvalue weighted by Gasteiger charge is -2.22. The first-order valence-corrected chi connectivity index (χ1v) is 7.28. The summed E-state index contributed by atoms with van der Waals surface area (Å²) in [6.45, 7) is 1.80. The molecule has 0 N–H and O–H groups in total. The summed E-state index contributed by atoms with van der Waals surface area (Å²) >= 11 is 3.39. The first-order valence-electron chi connectivity index (χ1n) is 6.49. The van der Waals surface area contributed by atoms with Gasteiger partial charge in [-0.05, 0) is 37.5 Å². The monoisotopic (exact) mass is 330 g/mol. The van der Waals surface area contributed by atoms with E-state index in [1.165, 1.54) is 6.42 Å². The molecule has 1 saturated heterocycles. The summed E-state index contributed by atoms with van der Waals surface area (Å²) in [6, 6.07) is 5.67. The summed E-state index contributed by atoms with van der Waals surface area (Å²) in [7, 11) is 1.63. The highest BCUT2D eigenvalue weighted by Crippen LogP contribution is 2.30. The highest BCUT2D eigenvalue weighted by atomic mass is 79.9. The van der Waals surface area contributed by atoms with E-state index < -0.39 is 0 Å². The van der Waals surface area contributed by atoms with Gasteiger partial charge in [-0.1, -0.05) is 15.9 Å².